The average molecular weight is 686 g/mol. The molecule has 0 saturated heterocycles. The van der Waals surface area contributed by atoms with E-state index in [-0.39, 0.29) is 197 Å². The molecule has 0 amide bonds. The van der Waals surface area contributed by atoms with Gasteiger partial charge in [-0.25, -0.2) is 0 Å². The second kappa shape index (κ2) is 14.0. The number of furan rings is 1. The Labute approximate surface area is 371 Å². The lowest BCUT2D eigenvalue weighted by Crippen LogP contribution is -2.55. The van der Waals surface area contributed by atoms with Gasteiger partial charge in [0.05, 0.1) is 0 Å². The molecule has 0 atom stereocenters. The molecule has 0 spiro atoms. The molecule has 8 rings (SSSR count). The fourth-order valence-corrected chi connectivity index (χ4v) is 8.29. The zero-order valence-electron chi connectivity index (χ0n) is 31.1. The summed E-state index contributed by atoms with van der Waals surface area (Å²) in [5.74, 6) is 0. The maximum absolute atomic E-state index is 7.14. The van der Waals surface area contributed by atoms with Crippen molar-refractivity contribution in [1.82, 2.24) is 0 Å². The largest absolute Gasteiger partial charge is 0.457 e. The van der Waals surface area contributed by atoms with E-state index in [9.17, 15) is 0 Å². The van der Waals surface area contributed by atoms with Crippen molar-refractivity contribution in [3.63, 3.8) is 0 Å². The molecule has 216 valence electrons. The van der Waals surface area contributed by atoms with E-state index in [1.54, 1.807) is 0 Å². The van der Waals surface area contributed by atoms with E-state index in [1.165, 1.54) is 0 Å². The average Bonchev–Trinajstić information content (AvgIpc) is 3.61. The Morgan fingerprint density at radius 3 is 0.780 bits per heavy atom. The van der Waals surface area contributed by atoms with Gasteiger partial charge in [0.2, 0.25) is 0 Å². The summed E-state index contributed by atoms with van der Waals surface area (Å²) in [6.45, 7) is 0. The summed E-state index contributed by atoms with van der Waals surface area (Å²) < 4.78 is 6.44. The predicted molar refractivity (Wildman–Crippen MR) is 276 cm³/mol. The van der Waals surface area contributed by atoms with Gasteiger partial charge in [0.1, 0.15) is 184 Å². The van der Waals surface area contributed by atoms with Gasteiger partial charge < -0.3 is 4.42 Å². The van der Waals surface area contributed by atoms with Crippen molar-refractivity contribution in [2.24, 2.45) is 0 Å². The number of hydrogen-bond acceptors (Lipinski definition) is 1. The molecule has 1 nitrogen and oxygen atoms in total. The highest BCUT2D eigenvalue weighted by molar-refractivity contribution is 6.76. The monoisotopic (exact) mass is 690 g/mol. The van der Waals surface area contributed by atoms with Crippen LogP contribution in [0, 0.1) is 0 Å². The maximum atomic E-state index is 7.14. The van der Waals surface area contributed by atoms with Gasteiger partial charge in [-0.05, 0) is 60.0 Å². The summed E-state index contributed by atoms with van der Waals surface area (Å²) in [7, 11) is 146. The normalized spacial score (nSPS) is 11.9. The second-order valence-corrected chi connectivity index (χ2v) is 14.4. The van der Waals surface area contributed by atoms with Crippen molar-refractivity contribution in [2.45, 2.75) is 0 Å². The van der Waals surface area contributed by atoms with E-state index in [1.807, 2.05) is 0 Å². The number of benzene rings is 7. The molecule has 1 heterocycles. The van der Waals surface area contributed by atoms with E-state index >= 15 is 0 Å². The topological polar surface area (TPSA) is 13.1 Å². The molecule has 0 unspecified atom stereocenters. The number of hydrogen-bond donors (Lipinski definition) is 0. The molecule has 1 aromatic heterocycles. The van der Waals surface area contributed by atoms with Crippen LogP contribution in [-0.4, -0.2) is 173 Å². The van der Waals surface area contributed by atoms with Gasteiger partial charge in [0.15, 0.2) is 0 Å². The Hall–Kier alpha value is -3.45. The first-order chi connectivity index (χ1) is 27.5. The van der Waals surface area contributed by atoms with Gasteiger partial charge in [0.25, 0.3) is 0 Å². The van der Waals surface area contributed by atoms with Crippen LogP contribution < -0.4 is 120 Å². The lowest BCUT2D eigenvalue weighted by molar-refractivity contribution is 0.675. The molecule has 44 radical (unpaired) electrons. The summed E-state index contributed by atoms with van der Waals surface area (Å²) in [6, 6.07) is 0. The van der Waals surface area contributed by atoms with Crippen LogP contribution in [0.5, 0.6) is 0 Å². The minimum Gasteiger partial charge on any atom is -0.457 e. The van der Waals surface area contributed by atoms with Crippen LogP contribution in [0.3, 0.4) is 0 Å². The summed E-state index contributed by atoms with van der Waals surface area (Å²) in [5, 5.41) is 1.07. The molecule has 0 aliphatic rings. The van der Waals surface area contributed by atoms with Crippen LogP contribution in [0.25, 0.3) is 76.5 Å². The molecule has 8 aromatic rings. The highest BCUT2D eigenvalue weighted by Gasteiger charge is 2.30. The van der Waals surface area contributed by atoms with Crippen molar-refractivity contribution in [3.05, 3.63) is 0 Å². The molecule has 0 saturated carbocycles. The molecule has 0 fully saturated rings. The minimum absolute atomic E-state index is 0.00418. The van der Waals surface area contributed by atoms with Gasteiger partial charge in [0, 0.05) is 10.8 Å². The summed E-state index contributed by atoms with van der Waals surface area (Å²) in [6.07, 6.45) is 0. The highest BCUT2D eigenvalue weighted by Crippen LogP contribution is 2.40. The molecular weight excluding hydrogens is 686 g/mol. The first-order valence-corrected chi connectivity index (χ1v) is 17.3. The zero-order valence-corrected chi connectivity index (χ0v) is 31.1. The standard InChI is InChI=1S/C36B22O/c37-13-3-1(9-19(43)31(55)33(57)32(56)20(9)44)4-6(16(40)28(52)26(50)14(4)38)2(5(3)15(39)27(51)25(13)49)10-18(42)23(47)12-8-7-11(21(45)30(54)29(53)17(7)41)22(46)34(58)35(8)59-36(12)24(10)48. The molecule has 0 bridgehead atoms. The van der Waals surface area contributed by atoms with Gasteiger partial charge in [-0.3, -0.25) is 0 Å². The van der Waals surface area contributed by atoms with E-state index in [4.69, 9.17) is 177 Å². The van der Waals surface area contributed by atoms with Crippen molar-refractivity contribution in [1.29, 1.82) is 0 Å². The summed E-state index contributed by atoms with van der Waals surface area (Å²) in [5.41, 5.74) is -1.90. The number of fused-ring (bicyclic) bond motifs is 7. The highest BCUT2D eigenvalue weighted by atomic mass is 16.3. The fourth-order valence-electron chi connectivity index (χ4n) is 8.29. The Morgan fingerprint density at radius 1 is 0.153 bits per heavy atom. The van der Waals surface area contributed by atoms with E-state index in [0.717, 1.165) is 0 Å². The van der Waals surface area contributed by atoms with Crippen LogP contribution in [0.2, 0.25) is 0 Å². The Bertz CT molecular complexity index is 3240. The van der Waals surface area contributed by atoms with Crippen molar-refractivity contribution < 1.29 is 4.42 Å². The molecule has 59 heavy (non-hydrogen) atoms. The van der Waals surface area contributed by atoms with Crippen molar-refractivity contribution in [3.8, 4) is 22.3 Å². The van der Waals surface area contributed by atoms with Crippen LogP contribution in [0.15, 0.2) is 4.42 Å². The molecule has 7 aromatic carbocycles. The SMILES string of the molecule is [B]c1c([B])c([B])c(-c2c3c([B])c([B])c([B])c([B])c3c(-c3c([B])c([B])c4c(oc5c([B])c([B])c6c([B])c([B])c([B])c([B])c6c54)c3[B])c3c([B])c([B])c([B])c([B])c23)c([B])c1[B]. The third-order valence-electron chi connectivity index (χ3n) is 11.5. The summed E-state index contributed by atoms with van der Waals surface area (Å²) in [4.78, 5) is 0. The lowest BCUT2D eigenvalue weighted by Gasteiger charge is -2.32. The van der Waals surface area contributed by atoms with Crippen molar-refractivity contribution in [2.75, 3.05) is 0 Å². The van der Waals surface area contributed by atoms with E-state index in [2.05, 4.69) is 0 Å². The molecule has 0 N–H and O–H groups in total. The Balaban J connectivity index is 1.73. The smallest absolute Gasteiger partial charge is 0.128 e. The Morgan fingerprint density at radius 2 is 0.390 bits per heavy atom. The zero-order chi connectivity index (χ0) is 43.5. The second-order valence-electron chi connectivity index (χ2n) is 14.4. The Kier molecular flexibility index (Phi) is 10.1. The van der Waals surface area contributed by atoms with E-state index < -0.39 is 0 Å². The van der Waals surface area contributed by atoms with Gasteiger partial charge in [-0.2, -0.15) is 0 Å². The van der Waals surface area contributed by atoms with Gasteiger partial charge in [-0.1, -0.05) is 65.6 Å². The molecule has 0 aliphatic carbocycles. The lowest BCUT2D eigenvalue weighted by atomic mass is 9.56. The number of rotatable bonds is 2. The van der Waals surface area contributed by atoms with Gasteiger partial charge in [-0.15, -0.1) is 49.2 Å². The third-order valence-corrected chi connectivity index (χ3v) is 11.5. The first kappa shape index (κ1) is 42.2. The first-order valence-electron chi connectivity index (χ1n) is 17.3. The summed E-state index contributed by atoms with van der Waals surface area (Å²) >= 11 is 0. The van der Waals surface area contributed by atoms with Crippen molar-refractivity contribution >= 4 is 347 Å². The fraction of sp³-hybridized carbons (Fsp3) is 0. The van der Waals surface area contributed by atoms with Crippen LogP contribution in [0.1, 0.15) is 0 Å². The van der Waals surface area contributed by atoms with E-state index in [0.29, 0.717) is 0 Å². The van der Waals surface area contributed by atoms with Gasteiger partial charge >= 0.3 is 0 Å². The third kappa shape index (κ3) is 5.30. The molecule has 0 aliphatic heterocycles. The van der Waals surface area contributed by atoms with Crippen LogP contribution in [-0.2, 0) is 0 Å². The minimum atomic E-state index is -0.145. The van der Waals surface area contributed by atoms with Crippen LogP contribution >= 0.6 is 0 Å². The van der Waals surface area contributed by atoms with Crippen LogP contribution in [0.4, 0.5) is 0 Å². The molecule has 23 heteroatoms. The predicted octanol–water partition coefficient (Wildman–Crippen LogP) is -16.2. The quantitative estimate of drug-likeness (QED) is 0.130. The maximum Gasteiger partial charge on any atom is 0.128 e. The molecular formula is C36B22O.